The summed E-state index contributed by atoms with van der Waals surface area (Å²) in [7, 11) is 4.37. The summed E-state index contributed by atoms with van der Waals surface area (Å²) in [6, 6.07) is 17.5. The highest BCUT2D eigenvalue weighted by atomic mass is 15.5. The highest BCUT2D eigenvalue weighted by Crippen LogP contribution is 2.54. The minimum atomic E-state index is 0.144. The zero-order valence-electron chi connectivity index (χ0n) is 18.9. The predicted molar refractivity (Wildman–Crippen MR) is 129 cm³/mol. The van der Waals surface area contributed by atoms with Crippen LogP contribution in [0.2, 0.25) is 0 Å². The molecule has 0 spiro atoms. The first-order valence-corrected chi connectivity index (χ1v) is 11.2. The lowest BCUT2D eigenvalue weighted by molar-refractivity contribution is 0.193. The fourth-order valence-electron chi connectivity index (χ4n) is 5.93. The van der Waals surface area contributed by atoms with Crippen molar-refractivity contribution >= 4 is 22.9 Å². The van der Waals surface area contributed by atoms with E-state index in [1.807, 2.05) is 6.20 Å². The van der Waals surface area contributed by atoms with E-state index in [1.165, 1.54) is 22.5 Å². The van der Waals surface area contributed by atoms with Crippen LogP contribution in [-0.4, -0.2) is 41.3 Å². The van der Waals surface area contributed by atoms with Crippen molar-refractivity contribution in [3.63, 3.8) is 0 Å². The maximum atomic E-state index is 4.72. The SMILES string of the molecule is Cc1ccccc1N1C=CN(C)C1C1C(C)c2ccccc2N2c3ncncc3N(C)C12. The van der Waals surface area contributed by atoms with Crippen LogP contribution in [0.3, 0.4) is 0 Å². The van der Waals surface area contributed by atoms with Crippen LogP contribution in [0.5, 0.6) is 0 Å². The van der Waals surface area contributed by atoms with E-state index in [1.54, 1.807) is 6.33 Å². The molecule has 0 fully saturated rings. The number of rotatable bonds is 2. The molecule has 0 saturated carbocycles. The lowest BCUT2D eigenvalue weighted by atomic mass is 9.77. The van der Waals surface area contributed by atoms with Crippen molar-refractivity contribution in [3.8, 4) is 0 Å². The van der Waals surface area contributed by atoms with Crippen molar-refractivity contribution in [2.24, 2.45) is 5.92 Å². The molecule has 3 aromatic rings. The van der Waals surface area contributed by atoms with E-state index in [0.717, 1.165) is 11.5 Å². The van der Waals surface area contributed by atoms with Gasteiger partial charge in [-0.25, -0.2) is 9.97 Å². The van der Waals surface area contributed by atoms with Gasteiger partial charge in [0.1, 0.15) is 24.3 Å². The van der Waals surface area contributed by atoms with Crippen LogP contribution in [-0.2, 0) is 0 Å². The third kappa shape index (κ3) is 2.52. The van der Waals surface area contributed by atoms with Gasteiger partial charge < -0.3 is 19.6 Å². The smallest absolute Gasteiger partial charge is 0.161 e. The Morgan fingerprint density at radius 1 is 0.844 bits per heavy atom. The Balaban J connectivity index is 1.53. The number of benzene rings is 2. The molecular formula is C26H28N6. The molecule has 0 aliphatic carbocycles. The van der Waals surface area contributed by atoms with Gasteiger partial charge in [0.15, 0.2) is 5.82 Å². The molecule has 0 amide bonds. The first-order valence-electron chi connectivity index (χ1n) is 11.2. The van der Waals surface area contributed by atoms with Gasteiger partial charge in [-0.05, 0) is 36.1 Å². The van der Waals surface area contributed by atoms with Gasteiger partial charge in [-0.3, -0.25) is 0 Å². The summed E-state index contributed by atoms with van der Waals surface area (Å²) in [5.74, 6) is 1.65. The lowest BCUT2D eigenvalue weighted by Gasteiger charge is -2.50. The molecule has 3 aliphatic heterocycles. The second kappa shape index (κ2) is 6.99. The van der Waals surface area contributed by atoms with Crippen molar-refractivity contribution in [2.45, 2.75) is 32.1 Å². The molecule has 6 heteroatoms. The number of aromatic nitrogens is 2. The van der Waals surface area contributed by atoms with Gasteiger partial charge in [0.2, 0.25) is 0 Å². The number of hydrogen-bond donors (Lipinski definition) is 0. The van der Waals surface area contributed by atoms with Gasteiger partial charge in [0.05, 0.1) is 6.20 Å². The lowest BCUT2D eigenvalue weighted by Crippen LogP contribution is -2.59. The average molecular weight is 425 g/mol. The van der Waals surface area contributed by atoms with Gasteiger partial charge in [-0.2, -0.15) is 0 Å². The summed E-state index contributed by atoms with van der Waals surface area (Å²) in [4.78, 5) is 18.7. The molecule has 1 aromatic heterocycles. The molecule has 6 rings (SSSR count). The Labute approximate surface area is 189 Å². The van der Waals surface area contributed by atoms with Crippen molar-refractivity contribution in [1.29, 1.82) is 0 Å². The number of aryl methyl sites for hydroxylation is 1. The van der Waals surface area contributed by atoms with Crippen LogP contribution in [0.25, 0.3) is 0 Å². The molecule has 0 N–H and O–H groups in total. The fourth-order valence-corrected chi connectivity index (χ4v) is 5.93. The van der Waals surface area contributed by atoms with Gasteiger partial charge in [-0.1, -0.05) is 43.3 Å². The molecule has 2 aromatic carbocycles. The standard InChI is InChI=1S/C26H28N6/c1-17-9-5-7-11-20(17)31-14-13-29(3)25(31)23-18(2)19-10-6-8-12-21(19)32-24-22(15-27-16-28-24)30(4)26(23)32/h5-16,18,23,25-26H,1-4H3. The Morgan fingerprint density at radius 2 is 1.59 bits per heavy atom. The maximum Gasteiger partial charge on any atom is 0.161 e. The van der Waals surface area contributed by atoms with Crippen molar-refractivity contribution in [3.05, 3.63) is 84.6 Å². The summed E-state index contributed by atoms with van der Waals surface area (Å²) in [6.07, 6.45) is 8.36. The van der Waals surface area contributed by atoms with Crippen molar-refractivity contribution in [2.75, 3.05) is 28.8 Å². The Kier molecular flexibility index (Phi) is 4.18. The van der Waals surface area contributed by atoms with Gasteiger partial charge in [-0.15, -0.1) is 0 Å². The Bertz CT molecular complexity index is 1210. The molecule has 4 atom stereocenters. The third-order valence-electron chi connectivity index (χ3n) is 7.45. The highest BCUT2D eigenvalue weighted by Gasteiger charge is 2.53. The van der Waals surface area contributed by atoms with Crippen LogP contribution < -0.4 is 14.7 Å². The fraction of sp³-hybridized carbons (Fsp3) is 0.308. The molecule has 0 radical (unpaired) electrons. The first-order chi connectivity index (χ1) is 15.6. The minimum Gasteiger partial charge on any atom is -0.358 e. The van der Waals surface area contributed by atoms with E-state index in [9.17, 15) is 0 Å². The summed E-state index contributed by atoms with van der Waals surface area (Å²) >= 11 is 0. The normalized spacial score (nSPS) is 25.8. The second-order valence-electron chi connectivity index (χ2n) is 9.12. The van der Waals surface area contributed by atoms with Crippen LogP contribution in [0.15, 0.2) is 73.5 Å². The molecule has 4 heterocycles. The van der Waals surface area contributed by atoms with E-state index < -0.39 is 0 Å². The van der Waals surface area contributed by atoms with E-state index in [2.05, 4.69) is 113 Å². The molecule has 0 bridgehead atoms. The van der Waals surface area contributed by atoms with Gasteiger partial charge in [0, 0.05) is 43.8 Å². The van der Waals surface area contributed by atoms with E-state index in [4.69, 9.17) is 4.98 Å². The molecule has 162 valence electrons. The zero-order chi connectivity index (χ0) is 22.0. The zero-order valence-corrected chi connectivity index (χ0v) is 18.9. The van der Waals surface area contributed by atoms with E-state index in [-0.39, 0.29) is 12.3 Å². The van der Waals surface area contributed by atoms with Crippen LogP contribution >= 0.6 is 0 Å². The monoisotopic (exact) mass is 424 g/mol. The first kappa shape index (κ1) is 19.2. The predicted octanol–water partition coefficient (Wildman–Crippen LogP) is 4.68. The highest BCUT2D eigenvalue weighted by molar-refractivity contribution is 5.83. The maximum absolute atomic E-state index is 4.72. The molecule has 32 heavy (non-hydrogen) atoms. The number of para-hydroxylation sites is 2. The van der Waals surface area contributed by atoms with Gasteiger partial charge in [0.25, 0.3) is 0 Å². The minimum absolute atomic E-state index is 0.144. The largest absolute Gasteiger partial charge is 0.358 e. The number of nitrogens with zero attached hydrogens (tertiary/aromatic N) is 6. The average Bonchev–Trinajstić information content (AvgIpc) is 3.33. The number of hydrogen-bond acceptors (Lipinski definition) is 6. The number of anilines is 4. The molecular weight excluding hydrogens is 396 g/mol. The molecule has 4 unspecified atom stereocenters. The van der Waals surface area contributed by atoms with Crippen LogP contribution in [0, 0.1) is 12.8 Å². The summed E-state index contributed by atoms with van der Waals surface area (Å²) < 4.78 is 0. The van der Waals surface area contributed by atoms with E-state index >= 15 is 0 Å². The van der Waals surface area contributed by atoms with Crippen LogP contribution in [0.1, 0.15) is 24.0 Å². The summed E-state index contributed by atoms with van der Waals surface area (Å²) in [5.41, 5.74) is 6.25. The van der Waals surface area contributed by atoms with Gasteiger partial charge >= 0.3 is 0 Å². The number of fused-ring (bicyclic) bond motifs is 5. The van der Waals surface area contributed by atoms with Crippen molar-refractivity contribution in [1.82, 2.24) is 14.9 Å². The van der Waals surface area contributed by atoms with E-state index in [0.29, 0.717) is 11.8 Å². The third-order valence-corrected chi connectivity index (χ3v) is 7.45. The van der Waals surface area contributed by atoms with Crippen LogP contribution in [0.4, 0.5) is 22.9 Å². The second-order valence-corrected chi connectivity index (χ2v) is 9.12. The quantitative estimate of drug-likeness (QED) is 0.595. The summed E-state index contributed by atoms with van der Waals surface area (Å²) in [6.45, 7) is 4.57. The Morgan fingerprint density at radius 3 is 2.41 bits per heavy atom. The molecule has 6 nitrogen and oxygen atoms in total. The molecule has 3 aliphatic rings. The molecule has 0 saturated heterocycles. The summed E-state index contributed by atoms with van der Waals surface area (Å²) in [5, 5.41) is 0. The Hall–Kier alpha value is -3.54. The topological polar surface area (TPSA) is 38.7 Å². The van der Waals surface area contributed by atoms with Crippen molar-refractivity contribution < 1.29 is 0 Å².